The fraction of sp³-hybridized carbons (Fsp3) is 0.400. The van der Waals surface area contributed by atoms with Gasteiger partial charge < -0.3 is 10.6 Å². The second kappa shape index (κ2) is 5.37. The third kappa shape index (κ3) is 2.33. The van der Waals surface area contributed by atoms with Crippen molar-refractivity contribution in [3.05, 3.63) is 27.5 Å². The number of fused-ring (bicyclic) bond motifs is 1. The largest absolute Gasteiger partial charge is 0.397 e. The van der Waals surface area contributed by atoms with E-state index in [4.69, 9.17) is 5.73 Å². The molecule has 0 radical (unpaired) electrons. The van der Waals surface area contributed by atoms with Crippen LogP contribution in [-0.4, -0.2) is 23.9 Å². The lowest BCUT2D eigenvalue weighted by molar-refractivity contribution is 0.0703. The van der Waals surface area contributed by atoms with E-state index < -0.39 is 0 Å². The predicted molar refractivity (Wildman–Crippen MR) is 88.2 cm³/mol. The van der Waals surface area contributed by atoms with Gasteiger partial charge in [-0.25, -0.2) is 0 Å². The van der Waals surface area contributed by atoms with E-state index in [2.05, 4.69) is 22.9 Å². The lowest BCUT2D eigenvalue weighted by Gasteiger charge is -2.30. The first kappa shape index (κ1) is 13.9. The van der Waals surface area contributed by atoms with Crippen LogP contribution in [0.15, 0.2) is 22.7 Å². The second-order valence-corrected chi connectivity index (χ2v) is 7.34. The summed E-state index contributed by atoms with van der Waals surface area (Å²) in [4.78, 5) is 15.3. The molecule has 0 spiro atoms. The Hall–Kier alpha value is -1.07. The summed E-state index contributed by atoms with van der Waals surface area (Å²) in [6, 6.07) is 5.94. The fourth-order valence-electron chi connectivity index (χ4n) is 2.64. The Bertz CT molecular complexity index is 659. The minimum atomic E-state index is 0.0856. The van der Waals surface area contributed by atoms with Crippen LogP contribution >= 0.6 is 27.3 Å². The maximum absolute atomic E-state index is 12.6. The van der Waals surface area contributed by atoms with Crippen molar-refractivity contribution < 1.29 is 4.79 Å². The van der Waals surface area contributed by atoms with E-state index in [9.17, 15) is 4.79 Å². The van der Waals surface area contributed by atoms with Gasteiger partial charge in [0.25, 0.3) is 5.91 Å². The molecule has 106 valence electrons. The van der Waals surface area contributed by atoms with Gasteiger partial charge in [0.2, 0.25) is 0 Å². The molecule has 0 saturated carbocycles. The van der Waals surface area contributed by atoms with E-state index in [1.807, 2.05) is 23.1 Å². The zero-order valence-corrected chi connectivity index (χ0v) is 13.8. The summed E-state index contributed by atoms with van der Waals surface area (Å²) in [6.45, 7) is 3.93. The summed E-state index contributed by atoms with van der Waals surface area (Å²) >= 11 is 5.01. The van der Waals surface area contributed by atoms with Crippen LogP contribution in [0.5, 0.6) is 0 Å². The maximum Gasteiger partial charge on any atom is 0.266 e. The molecule has 0 aliphatic carbocycles. The Morgan fingerprint density at radius 3 is 2.75 bits per heavy atom. The number of piperidine rings is 1. The number of nitrogens with zero attached hydrogens (tertiary/aromatic N) is 1. The molecule has 1 aromatic carbocycles. The molecule has 1 saturated heterocycles. The minimum absolute atomic E-state index is 0.0856. The Balaban J connectivity index is 1.96. The first-order chi connectivity index (χ1) is 9.58. The third-order valence-electron chi connectivity index (χ3n) is 3.97. The second-order valence-electron chi connectivity index (χ2n) is 5.43. The van der Waals surface area contributed by atoms with Crippen molar-refractivity contribution in [3.63, 3.8) is 0 Å². The molecule has 0 atom stereocenters. The lowest BCUT2D eigenvalue weighted by atomic mass is 9.99. The van der Waals surface area contributed by atoms with E-state index >= 15 is 0 Å². The van der Waals surface area contributed by atoms with Crippen molar-refractivity contribution in [2.75, 3.05) is 18.8 Å². The van der Waals surface area contributed by atoms with Crippen molar-refractivity contribution in [1.82, 2.24) is 4.90 Å². The summed E-state index contributed by atoms with van der Waals surface area (Å²) < 4.78 is 2.01. The van der Waals surface area contributed by atoms with Crippen LogP contribution in [0, 0.1) is 5.92 Å². The van der Waals surface area contributed by atoms with E-state index in [-0.39, 0.29) is 5.91 Å². The number of anilines is 1. The van der Waals surface area contributed by atoms with Gasteiger partial charge in [-0.3, -0.25) is 4.79 Å². The maximum atomic E-state index is 12.6. The van der Waals surface area contributed by atoms with E-state index in [0.717, 1.165) is 40.5 Å². The predicted octanol–water partition coefficient (Wildman–Crippen LogP) is 4.12. The van der Waals surface area contributed by atoms with Gasteiger partial charge in [-0.05, 0) is 30.9 Å². The number of nitrogens with two attached hydrogens (primary N) is 1. The number of benzene rings is 1. The molecule has 1 amide bonds. The smallest absolute Gasteiger partial charge is 0.266 e. The third-order valence-corrected chi connectivity index (χ3v) is 5.79. The summed E-state index contributed by atoms with van der Waals surface area (Å²) in [5.41, 5.74) is 6.82. The summed E-state index contributed by atoms with van der Waals surface area (Å²) in [5.74, 6) is 0.801. The number of thiophene rings is 1. The van der Waals surface area contributed by atoms with Gasteiger partial charge in [-0.15, -0.1) is 11.3 Å². The van der Waals surface area contributed by atoms with Crippen LogP contribution in [0.25, 0.3) is 10.1 Å². The monoisotopic (exact) mass is 352 g/mol. The highest BCUT2D eigenvalue weighted by molar-refractivity contribution is 9.10. The standard InChI is InChI=1S/C15H17BrN2OS/c1-9-5-7-18(8-6-9)15(19)14-13(17)12-10(16)3-2-4-11(12)20-14/h2-4,9H,5-8,17H2,1H3. The number of likely N-dealkylation sites (tertiary alicyclic amines) is 1. The van der Waals surface area contributed by atoms with Gasteiger partial charge in [0.05, 0.1) is 5.69 Å². The van der Waals surface area contributed by atoms with Gasteiger partial charge >= 0.3 is 0 Å². The van der Waals surface area contributed by atoms with Crippen LogP contribution in [-0.2, 0) is 0 Å². The molecule has 2 heterocycles. The molecule has 3 nitrogen and oxygen atoms in total. The SMILES string of the molecule is CC1CCN(C(=O)c2sc3cccc(Br)c3c2N)CC1. The zero-order valence-electron chi connectivity index (χ0n) is 11.4. The quantitative estimate of drug-likeness (QED) is 0.838. The minimum Gasteiger partial charge on any atom is -0.397 e. The van der Waals surface area contributed by atoms with Crippen molar-refractivity contribution >= 4 is 48.9 Å². The first-order valence-corrected chi connectivity index (χ1v) is 8.44. The van der Waals surface area contributed by atoms with Gasteiger partial charge in [0.15, 0.2) is 0 Å². The van der Waals surface area contributed by atoms with E-state index in [1.54, 1.807) is 0 Å². The van der Waals surface area contributed by atoms with Crippen LogP contribution in [0.4, 0.5) is 5.69 Å². The molecular weight excluding hydrogens is 336 g/mol. The number of hydrogen-bond donors (Lipinski definition) is 1. The number of rotatable bonds is 1. The van der Waals surface area contributed by atoms with Gasteiger partial charge in [-0.1, -0.05) is 28.9 Å². The highest BCUT2D eigenvalue weighted by Crippen LogP contribution is 2.39. The molecule has 2 aromatic rings. The number of carbonyl (C=O) groups excluding carboxylic acids is 1. The number of nitrogen functional groups attached to an aromatic ring is 1. The molecule has 1 fully saturated rings. The van der Waals surface area contributed by atoms with Crippen LogP contribution in [0.1, 0.15) is 29.4 Å². The average molecular weight is 353 g/mol. The Morgan fingerprint density at radius 1 is 1.40 bits per heavy atom. The molecule has 1 aliphatic rings. The zero-order chi connectivity index (χ0) is 14.3. The Labute approximate surface area is 130 Å². The molecule has 20 heavy (non-hydrogen) atoms. The number of hydrogen-bond acceptors (Lipinski definition) is 3. The van der Waals surface area contributed by atoms with E-state index in [0.29, 0.717) is 16.5 Å². The summed E-state index contributed by atoms with van der Waals surface area (Å²) in [7, 11) is 0. The van der Waals surface area contributed by atoms with Gasteiger partial charge in [0.1, 0.15) is 4.88 Å². The summed E-state index contributed by atoms with van der Waals surface area (Å²) in [6.07, 6.45) is 2.17. The van der Waals surface area contributed by atoms with Crippen LogP contribution < -0.4 is 5.73 Å². The van der Waals surface area contributed by atoms with Crippen molar-refractivity contribution in [1.29, 1.82) is 0 Å². The Kier molecular flexibility index (Phi) is 3.73. The van der Waals surface area contributed by atoms with Crippen molar-refractivity contribution in [2.24, 2.45) is 5.92 Å². The molecule has 1 aromatic heterocycles. The molecule has 2 N–H and O–H groups in total. The van der Waals surface area contributed by atoms with Crippen LogP contribution in [0.2, 0.25) is 0 Å². The first-order valence-electron chi connectivity index (χ1n) is 6.83. The van der Waals surface area contributed by atoms with Crippen molar-refractivity contribution in [3.8, 4) is 0 Å². The molecule has 0 unspecified atom stereocenters. The average Bonchev–Trinajstić information content (AvgIpc) is 2.77. The molecule has 5 heteroatoms. The number of halogens is 1. The van der Waals surface area contributed by atoms with E-state index in [1.165, 1.54) is 11.3 Å². The summed E-state index contributed by atoms with van der Waals surface area (Å²) in [5, 5.41) is 0.964. The molecule has 0 bridgehead atoms. The lowest BCUT2D eigenvalue weighted by Crippen LogP contribution is -2.37. The van der Waals surface area contributed by atoms with Gasteiger partial charge in [-0.2, -0.15) is 0 Å². The normalized spacial score (nSPS) is 16.8. The molecular formula is C15H17BrN2OS. The number of carbonyl (C=O) groups is 1. The Morgan fingerprint density at radius 2 is 2.10 bits per heavy atom. The highest BCUT2D eigenvalue weighted by atomic mass is 79.9. The van der Waals surface area contributed by atoms with Crippen LogP contribution in [0.3, 0.4) is 0 Å². The van der Waals surface area contributed by atoms with Gasteiger partial charge in [0, 0.05) is 27.6 Å². The fourth-order valence-corrected chi connectivity index (χ4v) is 4.47. The topological polar surface area (TPSA) is 46.3 Å². The molecule has 3 rings (SSSR count). The molecule has 1 aliphatic heterocycles. The number of amides is 1. The van der Waals surface area contributed by atoms with Crippen molar-refractivity contribution in [2.45, 2.75) is 19.8 Å². The highest BCUT2D eigenvalue weighted by Gasteiger charge is 2.25.